The third-order valence-electron chi connectivity index (χ3n) is 10.5. The summed E-state index contributed by atoms with van der Waals surface area (Å²) in [5, 5.41) is 21.9. The predicted molar refractivity (Wildman–Crippen MR) is 179 cm³/mol. The average molecular weight is 644 g/mol. The summed E-state index contributed by atoms with van der Waals surface area (Å²) in [5.74, 6) is -1.20. The molecule has 2 atom stereocenters. The number of carbonyl (C=O) groups excluding carboxylic acids is 2. The molecule has 11 heteroatoms. The number of nitrogens with zero attached hydrogens (tertiary/aromatic N) is 5. The van der Waals surface area contributed by atoms with E-state index in [1.54, 1.807) is 19.9 Å². The van der Waals surface area contributed by atoms with E-state index >= 15 is 0 Å². The number of anilines is 3. The zero-order valence-corrected chi connectivity index (χ0v) is 27.8. The van der Waals surface area contributed by atoms with Crippen LogP contribution >= 0.6 is 0 Å². The third kappa shape index (κ3) is 7.16. The van der Waals surface area contributed by atoms with Crippen molar-refractivity contribution in [2.75, 3.05) is 29.9 Å². The molecule has 6 rings (SSSR count). The second-order valence-corrected chi connectivity index (χ2v) is 14.4. The Kier molecular flexibility index (Phi) is 9.06. The topological polar surface area (TPSA) is 138 Å². The van der Waals surface area contributed by atoms with Gasteiger partial charge in [0.1, 0.15) is 5.82 Å². The highest BCUT2D eigenvalue weighted by atomic mass is 19.1. The number of nitrogens with one attached hydrogen (secondary N) is 1. The quantitative estimate of drug-likeness (QED) is 0.246. The Balaban J connectivity index is 1.15. The molecule has 3 fully saturated rings. The summed E-state index contributed by atoms with van der Waals surface area (Å²) in [6.07, 6.45) is 6.65. The average Bonchev–Trinajstić information content (AvgIpc) is 3.88. The summed E-state index contributed by atoms with van der Waals surface area (Å²) in [5.41, 5.74) is 7.00. The van der Waals surface area contributed by atoms with E-state index in [9.17, 15) is 19.1 Å². The molecule has 3 heterocycles. The molecular formula is C36H46FN7O3. The zero-order chi connectivity index (χ0) is 33.5. The van der Waals surface area contributed by atoms with Gasteiger partial charge in [-0.3, -0.25) is 9.59 Å². The van der Waals surface area contributed by atoms with Crippen LogP contribution in [0.4, 0.5) is 21.8 Å². The van der Waals surface area contributed by atoms with Crippen molar-refractivity contribution in [1.82, 2.24) is 20.1 Å². The number of carbonyl (C=O) groups is 2. The fourth-order valence-corrected chi connectivity index (χ4v) is 7.14. The van der Waals surface area contributed by atoms with Crippen molar-refractivity contribution in [2.45, 2.75) is 95.7 Å². The largest absolute Gasteiger partial charge is 0.386 e. The van der Waals surface area contributed by atoms with Crippen LogP contribution in [0.25, 0.3) is 0 Å². The number of ketones is 1. The fraction of sp³-hybridized carbons (Fsp3) is 0.528. The van der Waals surface area contributed by atoms with Crippen LogP contribution < -0.4 is 16.0 Å². The summed E-state index contributed by atoms with van der Waals surface area (Å²) < 4.78 is 14.9. The number of benzene rings is 2. The van der Waals surface area contributed by atoms with Gasteiger partial charge in [-0.1, -0.05) is 25.1 Å². The van der Waals surface area contributed by atoms with E-state index in [1.807, 2.05) is 24.0 Å². The maximum absolute atomic E-state index is 14.9. The first-order valence-corrected chi connectivity index (χ1v) is 16.8. The second-order valence-electron chi connectivity index (χ2n) is 14.4. The molecule has 0 radical (unpaired) electrons. The first-order chi connectivity index (χ1) is 22.3. The molecule has 0 unspecified atom stereocenters. The van der Waals surface area contributed by atoms with Gasteiger partial charge >= 0.3 is 0 Å². The molecule has 3 aromatic rings. The maximum Gasteiger partial charge on any atom is 0.273 e. The number of hydrogen-bond acceptors (Lipinski definition) is 9. The van der Waals surface area contributed by atoms with Gasteiger partial charge in [-0.25, -0.2) is 4.39 Å². The number of piperidine rings is 2. The molecule has 250 valence electrons. The van der Waals surface area contributed by atoms with Crippen LogP contribution in [-0.2, 0) is 11.0 Å². The van der Waals surface area contributed by atoms with E-state index in [0.29, 0.717) is 18.1 Å². The minimum absolute atomic E-state index is 0.0151. The molecule has 0 bridgehead atoms. The summed E-state index contributed by atoms with van der Waals surface area (Å²) in [6, 6.07) is 13.2. The lowest BCUT2D eigenvalue weighted by Crippen LogP contribution is -2.45. The Morgan fingerprint density at radius 1 is 1.06 bits per heavy atom. The van der Waals surface area contributed by atoms with Gasteiger partial charge in [0, 0.05) is 30.7 Å². The lowest BCUT2D eigenvalue weighted by atomic mass is 9.74. The van der Waals surface area contributed by atoms with Crippen LogP contribution in [0, 0.1) is 11.7 Å². The van der Waals surface area contributed by atoms with E-state index in [1.165, 1.54) is 30.5 Å². The first-order valence-electron chi connectivity index (χ1n) is 16.8. The second kappa shape index (κ2) is 12.9. The van der Waals surface area contributed by atoms with E-state index in [0.717, 1.165) is 50.5 Å². The number of Topliss-reactive ketones (excluding diaryl/α,β-unsaturated/α-hetero) is 1. The Labute approximate surface area is 276 Å². The smallest absolute Gasteiger partial charge is 0.273 e. The Bertz CT molecular complexity index is 1630. The zero-order valence-electron chi connectivity index (χ0n) is 27.8. The molecule has 1 aliphatic carbocycles. The lowest BCUT2D eigenvalue weighted by Gasteiger charge is -2.40. The van der Waals surface area contributed by atoms with Crippen LogP contribution in [0.1, 0.15) is 105 Å². The normalized spacial score (nSPS) is 21.8. The Morgan fingerprint density at radius 3 is 2.38 bits per heavy atom. The van der Waals surface area contributed by atoms with Crippen molar-refractivity contribution in [3.05, 3.63) is 70.7 Å². The summed E-state index contributed by atoms with van der Waals surface area (Å²) in [4.78, 5) is 34.8. The highest BCUT2D eigenvalue weighted by Gasteiger charge is 2.37. The highest BCUT2D eigenvalue weighted by Crippen LogP contribution is 2.39. The number of aromatic nitrogens is 3. The molecule has 1 saturated carbocycles. The van der Waals surface area contributed by atoms with Crippen LogP contribution in [-0.4, -0.2) is 68.6 Å². The number of amides is 1. The number of rotatable bonds is 10. The van der Waals surface area contributed by atoms with Gasteiger partial charge in [0.05, 0.1) is 11.2 Å². The molecule has 4 N–H and O–H groups in total. The van der Waals surface area contributed by atoms with Gasteiger partial charge in [-0.2, -0.15) is 4.98 Å². The van der Waals surface area contributed by atoms with Crippen molar-refractivity contribution in [3.8, 4) is 0 Å². The fourth-order valence-electron chi connectivity index (χ4n) is 7.14. The van der Waals surface area contributed by atoms with Crippen molar-refractivity contribution >= 4 is 29.1 Å². The summed E-state index contributed by atoms with van der Waals surface area (Å²) in [6.45, 7) is 10.4. The van der Waals surface area contributed by atoms with Crippen molar-refractivity contribution in [3.63, 3.8) is 0 Å². The SMILES string of the molecule is C[C@@H]1[C@H](CC(=O)c2ccc(C(C)(C)O)cc2F)CCCN1c1nnc(C(N)=O)c(Nc2ccc(C3(C)CCN(C4CC4)CC3)cc2)n1. The van der Waals surface area contributed by atoms with E-state index in [2.05, 4.69) is 39.5 Å². The standard InChI is InChI=1S/C36H46FN7O3/c1-22-23(20-30(45)28-14-9-25(21-29(28)37)35(2,3)47)6-5-17-44(22)34-40-33(31(32(38)46)41-42-34)39-26-10-7-24(8-11-26)36(4)15-18-43(19-16-36)27-12-13-27/h7-11,14,21-23,27,47H,5-6,12-13,15-20H2,1-4H3,(H2,38,46)(H,39,40,42)/t22-,23+/m1/s1. The number of likely N-dealkylation sites (tertiary alicyclic amines) is 1. The minimum Gasteiger partial charge on any atom is -0.386 e. The van der Waals surface area contributed by atoms with Gasteiger partial charge in [0.15, 0.2) is 17.3 Å². The highest BCUT2D eigenvalue weighted by molar-refractivity contribution is 5.97. The van der Waals surface area contributed by atoms with Crippen LogP contribution in [0.2, 0.25) is 0 Å². The van der Waals surface area contributed by atoms with Crippen molar-refractivity contribution in [2.24, 2.45) is 11.7 Å². The number of primary amides is 1. The number of nitrogens with two attached hydrogens (primary N) is 1. The van der Waals surface area contributed by atoms with Crippen LogP contribution in [0.5, 0.6) is 0 Å². The summed E-state index contributed by atoms with van der Waals surface area (Å²) >= 11 is 0. The number of aliphatic hydroxyl groups is 1. The molecule has 1 amide bonds. The van der Waals surface area contributed by atoms with Gasteiger partial charge in [-0.15, -0.1) is 10.2 Å². The van der Waals surface area contributed by atoms with Crippen molar-refractivity contribution < 1.29 is 19.1 Å². The van der Waals surface area contributed by atoms with Gasteiger partial charge in [0.2, 0.25) is 5.95 Å². The molecule has 2 aromatic carbocycles. The molecule has 2 saturated heterocycles. The monoisotopic (exact) mass is 643 g/mol. The van der Waals surface area contributed by atoms with Crippen molar-refractivity contribution in [1.29, 1.82) is 0 Å². The molecule has 47 heavy (non-hydrogen) atoms. The van der Waals surface area contributed by atoms with Gasteiger partial charge < -0.3 is 26.0 Å². The molecule has 2 aliphatic heterocycles. The molecular weight excluding hydrogens is 597 g/mol. The Hall–Kier alpha value is -3.96. The van der Waals surface area contributed by atoms with E-state index in [-0.39, 0.29) is 46.7 Å². The molecule has 10 nitrogen and oxygen atoms in total. The predicted octanol–water partition coefficient (Wildman–Crippen LogP) is 5.47. The molecule has 1 aromatic heterocycles. The molecule has 3 aliphatic rings. The minimum atomic E-state index is -1.21. The van der Waals surface area contributed by atoms with E-state index < -0.39 is 17.3 Å². The third-order valence-corrected chi connectivity index (χ3v) is 10.5. The molecule has 0 spiro atoms. The summed E-state index contributed by atoms with van der Waals surface area (Å²) in [7, 11) is 0. The number of halogens is 1. The van der Waals surface area contributed by atoms with Crippen LogP contribution in [0.15, 0.2) is 42.5 Å². The lowest BCUT2D eigenvalue weighted by molar-refractivity contribution is 0.0779. The maximum atomic E-state index is 14.9. The first kappa shape index (κ1) is 33.0. The van der Waals surface area contributed by atoms with E-state index in [4.69, 9.17) is 10.7 Å². The van der Waals surface area contributed by atoms with Gasteiger partial charge in [0.25, 0.3) is 5.91 Å². The number of hydrogen-bond donors (Lipinski definition) is 3. The van der Waals surface area contributed by atoms with Crippen LogP contribution in [0.3, 0.4) is 0 Å². The Morgan fingerprint density at radius 2 is 1.77 bits per heavy atom. The van der Waals surface area contributed by atoms with Gasteiger partial charge in [-0.05, 0) is 119 Å².